The number of aliphatic hydroxyl groups excluding tert-OH is 1. The summed E-state index contributed by atoms with van der Waals surface area (Å²) in [6, 6.07) is 30.4. The predicted molar refractivity (Wildman–Crippen MR) is 187 cm³/mol. The van der Waals surface area contributed by atoms with Crippen molar-refractivity contribution in [2.24, 2.45) is 0 Å². The van der Waals surface area contributed by atoms with E-state index in [2.05, 4.69) is 47.4 Å². The number of ether oxygens (including phenoxy) is 2. The predicted octanol–water partition coefficient (Wildman–Crippen LogP) is 7.39. The van der Waals surface area contributed by atoms with Crippen molar-refractivity contribution in [3.63, 3.8) is 0 Å². The second kappa shape index (κ2) is 15.3. The fourth-order valence-electron chi connectivity index (χ4n) is 6.16. The van der Waals surface area contributed by atoms with Gasteiger partial charge in [0.2, 0.25) is 0 Å². The van der Waals surface area contributed by atoms with E-state index < -0.39 is 0 Å². The number of fused-ring (bicyclic) bond motifs is 1. The summed E-state index contributed by atoms with van der Waals surface area (Å²) in [7, 11) is 0. The summed E-state index contributed by atoms with van der Waals surface area (Å²) < 4.78 is 19.1. The molecule has 0 saturated heterocycles. The van der Waals surface area contributed by atoms with E-state index in [4.69, 9.17) is 14.0 Å². The third kappa shape index (κ3) is 7.46. The average molecular weight is 646 g/mol. The lowest BCUT2D eigenvalue weighted by molar-refractivity contribution is 0.0947. The van der Waals surface area contributed by atoms with Gasteiger partial charge in [0.25, 0.3) is 5.91 Å². The summed E-state index contributed by atoms with van der Waals surface area (Å²) in [6.07, 6.45) is 0.844. The SMILES string of the molecule is CCNC(=O)c1noc(-c2cc(C(C)C)c(OCc3ccccc3)cc2OCc2ccccc2)c1-c1ccc2c(c1)CCN(CCO)C2. The van der Waals surface area contributed by atoms with Gasteiger partial charge in [0.15, 0.2) is 11.5 Å². The first kappa shape index (κ1) is 33.0. The van der Waals surface area contributed by atoms with Crippen LogP contribution in [-0.2, 0) is 26.2 Å². The van der Waals surface area contributed by atoms with E-state index in [1.807, 2.05) is 79.7 Å². The Hall–Kier alpha value is -4.92. The van der Waals surface area contributed by atoms with Crippen LogP contribution in [0.5, 0.6) is 11.5 Å². The molecule has 0 spiro atoms. The maximum absolute atomic E-state index is 13.4. The van der Waals surface area contributed by atoms with Crippen LogP contribution in [0.3, 0.4) is 0 Å². The Morgan fingerprint density at radius 1 is 0.917 bits per heavy atom. The van der Waals surface area contributed by atoms with Gasteiger partial charge in [-0.1, -0.05) is 97.9 Å². The van der Waals surface area contributed by atoms with Crippen molar-refractivity contribution in [1.29, 1.82) is 0 Å². The summed E-state index contributed by atoms with van der Waals surface area (Å²) >= 11 is 0. The number of rotatable bonds is 13. The van der Waals surface area contributed by atoms with E-state index in [9.17, 15) is 9.90 Å². The minimum atomic E-state index is -0.298. The molecule has 8 nitrogen and oxygen atoms in total. The van der Waals surface area contributed by atoms with Gasteiger partial charge in [0.1, 0.15) is 24.7 Å². The van der Waals surface area contributed by atoms with Crippen LogP contribution in [0.2, 0.25) is 0 Å². The van der Waals surface area contributed by atoms with Crippen LogP contribution >= 0.6 is 0 Å². The molecule has 5 aromatic rings. The van der Waals surface area contributed by atoms with Crippen molar-refractivity contribution in [3.8, 4) is 33.9 Å². The lowest BCUT2D eigenvalue weighted by atomic mass is 9.91. The van der Waals surface area contributed by atoms with Gasteiger partial charge < -0.3 is 24.4 Å². The fraction of sp³-hybridized carbons (Fsp3) is 0.300. The highest BCUT2D eigenvalue weighted by molar-refractivity contribution is 6.02. The Kier molecular flexibility index (Phi) is 10.5. The number of aromatic nitrogens is 1. The highest BCUT2D eigenvalue weighted by Gasteiger charge is 2.29. The number of carbonyl (C=O) groups excluding carboxylic acids is 1. The van der Waals surface area contributed by atoms with E-state index >= 15 is 0 Å². The molecule has 0 radical (unpaired) electrons. The van der Waals surface area contributed by atoms with Crippen LogP contribution < -0.4 is 14.8 Å². The lowest BCUT2D eigenvalue weighted by Crippen LogP contribution is -2.32. The Balaban J connectivity index is 1.47. The van der Waals surface area contributed by atoms with Crippen LogP contribution in [0.15, 0.2) is 95.5 Å². The molecule has 48 heavy (non-hydrogen) atoms. The number of hydrogen-bond donors (Lipinski definition) is 2. The van der Waals surface area contributed by atoms with E-state index in [1.54, 1.807) is 0 Å². The molecule has 1 amide bonds. The third-order valence-electron chi connectivity index (χ3n) is 8.70. The number of nitrogens with zero attached hydrogens (tertiary/aromatic N) is 2. The number of nitrogens with one attached hydrogen (secondary N) is 1. The minimum Gasteiger partial charge on any atom is -0.488 e. The number of hydrogen-bond acceptors (Lipinski definition) is 7. The van der Waals surface area contributed by atoms with Gasteiger partial charge in [0, 0.05) is 32.2 Å². The zero-order valence-corrected chi connectivity index (χ0v) is 27.9. The molecule has 0 bridgehead atoms. The Morgan fingerprint density at radius 3 is 2.25 bits per heavy atom. The van der Waals surface area contributed by atoms with Crippen molar-refractivity contribution >= 4 is 5.91 Å². The first-order valence-corrected chi connectivity index (χ1v) is 16.7. The monoisotopic (exact) mass is 645 g/mol. The largest absolute Gasteiger partial charge is 0.488 e. The molecule has 6 rings (SSSR count). The molecule has 0 unspecified atom stereocenters. The number of aliphatic hydroxyl groups is 1. The summed E-state index contributed by atoms with van der Waals surface area (Å²) in [6.45, 7) is 9.76. The Labute approximate surface area is 282 Å². The van der Waals surface area contributed by atoms with E-state index in [-0.39, 0.29) is 24.1 Å². The van der Waals surface area contributed by atoms with Gasteiger partial charge in [0.05, 0.1) is 17.7 Å². The fourth-order valence-corrected chi connectivity index (χ4v) is 6.16. The lowest BCUT2D eigenvalue weighted by Gasteiger charge is -2.28. The molecule has 8 heteroatoms. The normalized spacial score (nSPS) is 12.9. The molecule has 248 valence electrons. The standard InChI is InChI=1S/C40H43N3O5/c1-4-41-40(45)38-37(31-15-16-32-24-43(19-20-44)18-17-30(32)21-31)39(48-42-38)34-22-33(27(2)3)35(46-25-28-11-7-5-8-12-28)23-36(34)47-26-29-13-9-6-10-14-29/h5-16,21-23,27,44H,4,17-20,24-26H2,1-3H3,(H,41,45). The average Bonchev–Trinajstić information content (AvgIpc) is 3.56. The molecule has 2 heterocycles. The molecule has 1 aliphatic heterocycles. The first-order chi connectivity index (χ1) is 23.4. The van der Waals surface area contributed by atoms with Crippen LogP contribution in [0.1, 0.15) is 65.0 Å². The molecule has 2 N–H and O–H groups in total. The minimum absolute atomic E-state index is 0.123. The molecule has 0 saturated carbocycles. The van der Waals surface area contributed by atoms with E-state index in [0.717, 1.165) is 47.5 Å². The van der Waals surface area contributed by atoms with Gasteiger partial charge in [-0.3, -0.25) is 9.69 Å². The van der Waals surface area contributed by atoms with Crippen molar-refractivity contribution in [1.82, 2.24) is 15.4 Å². The number of carbonyl (C=O) groups is 1. The molecular weight excluding hydrogens is 602 g/mol. The number of β-amino-alcohol motifs (C(OH)–C–C–N with tert-alkyl or cyclic N) is 1. The Morgan fingerprint density at radius 2 is 1.60 bits per heavy atom. The molecule has 0 fully saturated rings. The van der Waals surface area contributed by atoms with Gasteiger partial charge in [-0.2, -0.15) is 0 Å². The van der Waals surface area contributed by atoms with Gasteiger partial charge >= 0.3 is 0 Å². The number of amides is 1. The molecule has 0 aliphatic carbocycles. The van der Waals surface area contributed by atoms with E-state index in [0.29, 0.717) is 48.9 Å². The van der Waals surface area contributed by atoms with Crippen LogP contribution in [0.25, 0.3) is 22.5 Å². The quantitative estimate of drug-likeness (QED) is 0.138. The second-order valence-electron chi connectivity index (χ2n) is 12.4. The summed E-state index contributed by atoms with van der Waals surface area (Å²) in [5.74, 6) is 1.59. The summed E-state index contributed by atoms with van der Waals surface area (Å²) in [5.41, 5.74) is 7.91. The Bertz CT molecular complexity index is 1840. The highest BCUT2D eigenvalue weighted by atomic mass is 16.5. The number of benzene rings is 4. The third-order valence-corrected chi connectivity index (χ3v) is 8.70. The van der Waals surface area contributed by atoms with Crippen molar-refractivity contribution in [2.45, 2.75) is 52.9 Å². The van der Waals surface area contributed by atoms with Gasteiger partial charge in [-0.15, -0.1) is 0 Å². The van der Waals surface area contributed by atoms with Crippen molar-refractivity contribution < 1.29 is 23.9 Å². The molecule has 4 aromatic carbocycles. The van der Waals surface area contributed by atoms with E-state index in [1.165, 1.54) is 11.1 Å². The zero-order chi connectivity index (χ0) is 33.5. The first-order valence-electron chi connectivity index (χ1n) is 16.7. The maximum Gasteiger partial charge on any atom is 0.274 e. The van der Waals surface area contributed by atoms with Crippen LogP contribution in [0.4, 0.5) is 0 Å². The van der Waals surface area contributed by atoms with Crippen molar-refractivity contribution in [2.75, 3.05) is 26.2 Å². The van der Waals surface area contributed by atoms with Crippen LogP contribution in [0, 0.1) is 0 Å². The van der Waals surface area contributed by atoms with Gasteiger partial charge in [-0.25, -0.2) is 0 Å². The second-order valence-corrected chi connectivity index (χ2v) is 12.4. The van der Waals surface area contributed by atoms with Gasteiger partial charge in [-0.05, 0) is 58.7 Å². The topological polar surface area (TPSA) is 97.1 Å². The summed E-state index contributed by atoms with van der Waals surface area (Å²) in [5, 5.41) is 16.7. The molecular formula is C40H43N3O5. The molecule has 1 aromatic heterocycles. The zero-order valence-electron chi connectivity index (χ0n) is 27.9. The van der Waals surface area contributed by atoms with Crippen molar-refractivity contribution in [3.05, 3.63) is 125 Å². The smallest absolute Gasteiger partial charge is 0.274 e. The highest BCUT2D eigenvalue weighted by Crippen LogP contribution is 2.45. The maximum atomic E-state index is 13.4. The molecule has 1 aliphatic rings. The van der Waals surface area contributed by atoms with Crippen LogP contribution in [-0.4, -0.2) is 47.3 Å². The summed E-state index contributed by atoms with van der Waals surface area (Å²) in [4.78, 5) is 15.7. The molecule has 0 atom stereocenters.